The summed E-state index contributed by atoms with van der Waals surface area (Å²) in [6.45, 7) is 1.63. The molecule has 3 N–H and O–H groups in total. The number of amides is 1. The predicted molar refractivity (Wildman–Crippen MR) is 72.0 cm³/mol. The summed E-state index contributed by atoms with van der Waals surface area (Å²) in [5.74, 6) is 0.295. The highest BCUT2D eigenvalue weighted by Crippen LogP contribution is 2.31. The van der Waals surface area contributed by atoms with E-state index in [0.29, 0.717) is 12.3 Å². The third kappa shape index (κ3) is 3.13. The van der Waals surface area contributed by atoms with E-state index in [-0.39, 0.29) is 6.04 Å². The van der Waals surface area contributed by atoms with Gasteiger partial charge in [0.05, 0.1) is 6.04 Å². The first kappa shape index (κ1) is 13.1. The number of carbonyl (C=O) groups excluding carboxylic acids is 1. The molecule has 1 saturated heterocycles. The standard InChI is InChI=1S/C14H23N3O/c15-9-3-1-2-8-14(18)17-11-5-7-13(17)12-6-4-10-16-12/h4,6,10,13,16H,1-3,5,7-9,11,15H2. The Labute approximate surface area is 109 Å². The lowest BCUT2D eigenvalue weighted by atomic mass is 10.1. The van der Waals surface area contributed by atoms with Gasteiger partial charge < -0.3 is 15.6 Å². The molecule has 0 aliphatic carbocycles. The van der Waals surface area contributed by atoms with E-state index in [9.17, 15) is 4.79 Å². The Kier molecular flexibility index (Phi) is 4.81. The number of aromatic nitrogens is 1. The van der Waals surface area contributed by atoms with Crippen molar-refractivity contribution in [3.63, 3.8) is 0 Å². The molecule has 0 radical (unpaired) electrons. The van der Waals surface area contributed by atoms with Crippen molar-refractivity contribution in [2.45, 2.75) is 44.6 Å². The van der Waals surface area contributed by atoms with E-state index < -0.39 is 0 Å². The van der Waals surface area contributed by atoms with Crippen LogP contribution in [0.25, 0.3) is 0 Å². The maximum Gasteiger partial charge on any atom is 0.223 e. The van der Waals surface area contributed by atoms with Crippen molar-refractivity contribution >= 4 is 5.91 Å². The van der Waals surface area contributed by atoms with Gasteiger partial charge in [-0.05, 0) is 44.4 Å². The summed E-state index contributed by atoms with van der Waals surface area (Å²) in [7, 11) is 0. The number of carbonyl (C=O) groups is 1. The van der Waals surface area contributed by atoms with Gasteiger partial charge in [-0.2, -0.15) is 0 Å². The molecule has 2 heterocycles. The molecule has 1 aliphatic rings. The molecule has 4 nitrogen and oxygen atoms in total. The molecule has 4 heteroatoms. The maximum atomic E-state index is 12.2. The van der Waals surface area contributed by atoms with Crippen LogP contribution in [0, 0.1) is 0 Å². The van der Waals surface area contributed by atoms with Crippen LogP contribution < -0.4 is 5.73 Å². The molecule has 1 aromatic rings. The first-order chi connectivity index (χ1) is 8.83. The number of unbranched alkanes of at least 4 members (excludes halogenated alkanes) is 2. The van der Waals surface area contributed by atoms with Crippen LogP contribution in [0.4, 0.5) is 0 Å². The molecule has 18 heavy (non-hydrogen) atoms. The van der Waals surface area contributed by atoms with E-state index in [4.69, 9.17) is 5.73 Å². The van der Waals surface area contributed by atoms with Gasteiger partial charge in [0.1, 0.15) is 0 Å². The van der Waals surface area contributed by atoms with Crippen molar-refractivity contribution in [1.29, 1.82) is 0 Å². The molecule has 1 atom stereocenters. The highest BCUT2D eigenvalue weighted by atomic mass is 16.2. The van der Waals surface area contributed by atoms with Crippen molar-refractivity contribution < 1.29 is 4.79 Å². The summed E-state index contributed by atoms with van der Waals surface area (Å²) in [5.41, 5.74) is 6.62. The average molecular weight is 249 g/mol. The lowest BCUT2D eigenvalue weighted by molar-refractivity contribution is -0.132. The zero-order chi connectivity index (χ0) is 12.8. The summed E-state index contributed by atoms with van der Waals surface area (Å²) < 4.78 is 0. The fraction of sp³-hybridized carbons (Fsp3) is 0.643. The van der Waals surface area contributed by atoms with Gasteiger partial charge in [-0.15, -0.1) is 0 Å². The number of hydrogen-bond donors (Lipinski definition) is 2. The maximum absolute atomic E-state index is 12.2. The topological polar surface area (TPSA) is 62.1 Å². The van der Waals surface area contributed by atoms with Crippen LogP contribution in [0.15, 0.2) is 18.3 Å². The van der Waals surface area contributed by atoms with Crippen molar-refractivity contribution in [2.24, 2.45) is 5.73 Å². The number of nitrogens with zero attached hydrogens (tertiary/aromatic N) is 1. The first-order valence-corrected chi connectivity index (χ1v) is 6.95. The minimum absolute atomic E-state index is 0.266. The predicted octanol–water partition coefficient (Wildman–Crippen LogP) is 2.20. The van der Waals surface area contributed by atoms with Crippen molar-refractivity contribution in [3.8, 4) is 0 Å². The van der Waals surface area contributed by atoms with Gasteiger partial charge in [0.2, 0.25) is 5.91 Å². The molecule has 1 unspecified atom stereocenters. The van der Waals surface area contributed by atoms with E-state index in [0.717, 1.165) is 45.2 Å². The third-order valence-electron chi connectivity index (χ3n) is 3.65. The molecular formula is C14H23N3O. The minimum Gasteiger partial charge on any atom is -0.363 e. The molecule has 2 rings (SSSR count). The zero-order valence-corrected chi connectivity index (χ0v) is 10.9. The van der Waals surface area contributed by atoms with Crippen LogP contribution in [0.5, 0.6) is 0 Å². The SMILES string of the molecule is NCCCCCC(=O)N1CCCC1c1ccc[nH]1. The summed E-state index contributed by atoms with van der Waals surface area (Å²) in [6, 6.07) is 4.34. The molecule has 1 aromatic heterocycles. The van der Waals surface area contributed by atoms with Crippen LogP contribution in [-0.2, 0) is 4.79 Å². The second-order valence-electron chi connectivity index (χ2n) is 4.97. The van der Waals surface area contributed by atoms with Gasteiger partial charge in [0, 0.05) is 24.9 Å². The minimum atomic E-state index is 0.266. The van der Waals surface area contributed by atoms with Gasteiger partial charge in [-0.25, -0.2) is 0 Å². The summed E-state index contributed by atoms with van der Waals surface area (Å²) in [5, 5.41) is 0. The molecule has 0 saturated carbocycles. The Balaban J connectivity index is 1.85. The smallest absolute Gasteiger partial charge is 0.223 e. The molecule has 100 valence electrons. The van der Waals surface area contributed by atoms with Crippen molar-refractivity contribution in [2.75, 3.05) is 13.1 Å². The average Bonchev–Trinajstić information content (AvgIpc) is 3.02. The lowest BCUT2D eigenvalue weighted by Crippen LogP contribution is -2.30. The Morgan fingerprint density at radius 2 is 2.33 bits per heavy atom. The van der Waals surface area contributed by atoms with Crippen LogP contribution in [0.2, 0.25) is 0 Å². The lowest BCUT2D eigenvalue weighted by Gasteiger charge is -2.24. The molecular weight excluding hydrogens is 226 g/mol. The van der Waals surface area contributed by atoms with Crippen LogP contribution in [-0.4, -0.2) is 28.9 Å². The van der Waals surface area contributed by atoms with E-state index in [2.05, 4.69) is 11.1 Å². The van der Waals surface area contributed by atoms with Gasteiger partial charge in [-0.1, -0.05) is 6.42 Å². The van der Waals surface area contributed by atoms with Gasteiger partial charge in [0.25, 0.3) is 0 Å². The number of nitrogens with two attached hydrogens (primary N) is 1. The molecule has 0 aromatic carbocycles. The fourth-order valence-corrected chi connectivity index (χ4v) is 2.68. The number of likely N-dealkylation sites (tertiary alicyclic amines) is 1. The van der Waals surface area contributed by atoms with E-state index >= 15 is 0 Å². The Morgan fingerprint density at radius 3 is 3.06 bits per heavy atom. The number of hydrogen-bond acceptors (Lipinski definition) is 2. The van der Waals surface area contributed by atoms with Crippen LogP contribution in [0.1, 0.15) is 50.3 Å². The number of nitrogens with one attached hydrogen (secondary N) is 1. The number of H-pyrrole nitrogens is 1. The van der Waals surface area contributed by atoms with Crippen molar-refractivity contribution in [3.05, 3.63) is 24.0 Å². The Bertz CT molecular complexity index is 361. The summed E-state index contributed by atoms with van der Waals surface area (Å²) in [6.07, 6.45) is 7.82. The van der Waals surface area contributed by atoms with E-state index in [1.165, 1.54) is 5.69 Å². The van der Waals surface area contributed by atoms with Crippen molar-refractivity contribution in [1.82, 2.24) is 9.88 Å². The van der Waals surface area contributed by atoms with E-state index in [1.807, 2.05) is 17.2 Å². The highest BCUT2D eigenvalue weighted by Gasteiger charge is 2.29. The first-order valence-electron chi connectivity index (χ1n) is 6.95. The number of rotatable bonds is 6. The zero-order valence-electron chi connectivity index (χ0n) is 10.9. The summed E-state index contributed by atoms with van der Waals surface area (Å²) in [4.78, 5) is 17.5. The fourth-order valence-electron chi connectivity index (χ4n) is 2.68. The monoisotopic (exact) mass is 249 g/mol. The molecule has 1 aliphatic heterocycles. The van der Waals surface area contributed by atoms with Crippen LogP contribution in [0.3, 0.4) is 0 Å². The number of aromatic amines is 1. The van der Waals surface area contributed by atoms with Gasteiger partial charge in [-0.3, -0.25) is 4.79 Å². The summed E-state index contributed by atoms with van der Waals surface area (Å²) >= 11 is 0. The normalized spacial score (nSPS) is 19.4. The second kappa shape index (κ2) is 6.59. The molecule has 1 amide bonds. The highest BCUT2D eigenvalue weighted by molar-refractivity contribution is 5.76. The molecule has 1 fully saturated rings. The second-order valence-corrected chi connectivity index (χ2v) is 4.97. The quantitative estimate of drug-likeness (QED) is 0.759. The Hall–Kier alpha value is -1.29. The molecule has 0 bridgehead atoms. The Morgan fingerprint density at radius 1 is 1.44 bits per heavy atom. The van der Waals surface area contributed by atoms with Gasteiger partial charge >= 0.3 is 0 Å². The largest absolute Gasteiger partial charge is 0.363 e. The van der Waals surface area contributed by atoms with E-state index in [1.54, 1.807) is 0 Å². The molecule has 0 spiro atoms. The van der Waals surface area contributed by atoms with Crippen LogP contribution >= 0.6 is 0 Å². The van der Waals surface area contributed by atoms with Gasteiger partial charge in [0.15, 0.2) is 0 Å². The third-order valence-corrected chi connectivity index (χ3v) is 3.65.